The fourth-order valence-electron chi connectivity index (χ4n) is 10.2. The molecular weight excluding hydrogens is 737 g/mol. The molecule has 0 amide bonds. The molecule has 2 aromatic heterocycles. The van der Waals surface area contributed by atoms with Crippen LogP contribution in [-0.2, 0) is 5.41 Å². The van der Waals surface area contributed by atoms with Crippen molar-refractivity contribution in [3.05, 3.63) is 227 Å². The Hall–Kier alpha value is -6.32. The molecule has 58 heavy (non-hydrogen) atoms. The Morgan fingerprint density at radius 2 is 0.914 bits per heavy atom. The summed E-state index contributed by atoms with van der Waals surface area (Å²) in [7, 11) is 0. The highest BCUT2D eigenvalue weighted by atomic mass is 32.1. The van der Waals surface area contributed by atoms with Crippen LogP contribution in [0.15, 0.2) is 194 Å². The molecule has 8 aromatic carbocycles. The van der Waals surface area contributed by atoms with Crippen LogP contribution in [0.25, 0.3) is 73.7 Å². The molecule has 0 bridgehead atoms. The van der Waals surface area contributed by atoms with Gasteiger partial charge in [-0.25, -0.2) is 0 Å². The Morgan fingerprint density at radius 3 is 1.50 bits per heavy atom. The van der Waals surface area contributed by atoms with Crippen LogP contribution in [0.1, 0.15) is 46.2 Å². The number of rotatable bonds is 5. The van der Waals surface area contributed by atoms with Crippen LogP contribution < -0.4 is 0 Å². The van der Waals surface area contributed by atoms with Crippen molar-refractivity contribution in [2.24, 2.45) is 0 Å². The predicted molar refractivity (Wildman–Crippen MR) is 251 cm³/mol. The first-order valence-corrected chi connectivity index (χ1v) is 21.9. The van der Waals surface area contributed by atoms with Crippen molar-refractivity contribution in [1.29, 1.82) is 0 Å². The van der Waals surface area contributed by atoms with Crippen molar-refractivity contribution in [1.82, 2.24) is 0 Å². The van der Waals surface area contributed by atoms with Crippen molar-refractivity contribution in [3.63, 3.8) is 0 Å². The molecule has 0 aliphatic heterocycles. The second kappa shape index (κ2) is 13.1. The highest BCUT2D eigenvalue weighted by Gasteiger charge is 2.48. The van der Waals surface area contributed by atoms with E-state index in [0.29, 0.717) is 0 Å². The van der Waals surface area contributed by atoms with Gasteiger partial charge in [0.15, 0.2) is 0 Å². The number of thiophene rings is 2. The lowest BCUT2D eigenvalue weighted by molar-refractivity contribution is 0.697. The van der Waals surface area contributed by atoms with Crippen LogP contribution in [0.2, 0.25) is 0 Å². The lowest BCUT2D eigenvalue weighted by Gasteiger charge is -2.37. The lowest BCUT2D eigenvalue weighted by Crippen LogP contribution is -2.30. The van der Waals surface area contributed by atoms with Gasteiger partial charge in [-0.1, -0.05) is 181 Å². The molecule has 0 saturated heterocycles. The van der Waals surface area contributed by atoms with Crippen LogP contribution in [0.5, 0.6) is 0 Å². The molecule has 12 rings (SSSR count). The minimum atomic E-state index is -0.444. The summed E-state index contributed by atoms with van der Waals surface area (Å²) in [5.41, 5.74) is 16.9. The third-order valence-corrected chi connectivity index (χ3v) is 15.2. The van der Waals surface area contributed by atoms with Crippen molar-refractivity contribution in [2.75, 3.05) is 0 Å². The van der Waals surface area contributed by atoms with E-state index in [1.54, 1.807) is 0 Å². The molecule has 2 aliphatic carbocycles. The van der Waals surface area contributed by atoms with Gasteiger partial charge < -0.3 is 0 Å². The average molecular weight is 775 g/mol. The molecule has 0 N–H and O–H groups in total. The van der Waals surface area contributed by atoms with E-state index in [4.69, 9.17) is 0 Å². The molecule has 0 radical (unpaired) electrons. The molecule has 2 heteroatoms. The molecule has 274 valence electrons. The SMILES string of the molecule is Cc1ccc(C2=CCCC3=C2c2ccccc2C3(c2ccc(-c3cccc4c3sc3ccccc34)cc2)c2ccc(-c3cccc4c3sc3ccccc34)cc2)cc1. The zero-order chi connectivity index (χ0) is 38.4. The Labute approximate surface area is 346 Å². The molecule has 2 heterocycles. The fraction of sp³-hybridized carbons (Fsp3) is 0.0714. The Balaban J connectivity index is 1.07. The summed E-state index contributed by atoms with van der Waals surface area (Å²) in [5.74, 6) is 0. The Morgan fingerprint density at radius 1 is 0.431 bits per heavy atom. The van der Waals surface area contributed by atoms with Gasteiger partial charge in [0, 0.05) is 40.3 Å². The zero-order valence-corrected chi connectivity index (χ0v) is 33.8. The number of allylic oxidation sites excluding steroid dienone is 4. The highest BCUT2D eigenvalue weighted by molar-refractivity contribution is 7.26. The van der Waals surface area contributed by atoms with E-state index in [9.17, 15) is 0 Å². The normalized spacial score (nSPS) is 14.7. The highest BCUT2D eigenvalue weighted by Crippen LogP contribution is 2.60. The minimum Gasteiger partial charge on any atom is -0.135 e. The van der Waals surface area contributed by atoms with E-state index in [1.807, 2.05) is 22.7 Å². The summed E-state index contributed by atoms with van der Waals surface area (Å²) in [6.07, 6.45) is 4.50. The van der Waals surface area contributed by atoms with Crippen molar-refractivity contribution in [2.45, 2.75) is 25.2 Å². The molecule has 0 spiro atoms. The number of benzene rings is 8. The van der Waals surface area contributed by atoms with Crippen LogP contribution >= 0.6 is 22.7 Å². The summed E-state index contributed by atoms with van der Waals surface area (Å²) in [6.45, 7) is 2.18. The smallest absolute Gasteiger partial charge is 0.0676 e. The summed E-state index contributed by atoms with van der Waals surface area (Å²) >= 11 is 3.80. The summed E-state index contributed by atoms with van der Waals surface area (Å²) in [6, 6.07) is 68.8. The summed E-state index contributed by atoms with van der Waals surface area (Å²) in [4.78, 5) is 0. The molecular formula is C56H38S2. The van der Waals surface area contributed by atoms with Crippen LogP contribution in [0.3, 0.4) is 0 Å². The second-order valence-electron chi connectivity index (χ2n) is 15.9. The van der Waals surface area contributed by atoms with Gasteiger partial charge in [-0.05, 0) is 98.7 Å². The van der Waals surface area contributed by atoms with Crippen LogP contribution in [-0.4, -0.2) is 0 Å². The van der Waals surface area contributed by atoms with E-state index < -0.39 is 5.41 Å². The van der Waals surface area contributed by atoms with Gasteiger partial charge in [-0.2, -0.15) is 0 Å². The van der Waals surface area contributed by atoms with E-state index >= 15 is 0 Å². The maximum Gasteiger partial charge on any atom is 0.0676 e. The maximum atomic E-state index is 2.49. The fourth-order valence-corrected chi connectivity index (χ4v) is 12.7. The summed E-state index contributed by atoms with van der Waals surface area (Å²) in [5, 5.41) is 5.34. The first-order valence-electron chi connectivity index (χ1n) is 20.3. The molecule has 0 unspecified atom stereocenters. The van der Waals surface area contributed by atoms with Gasteiger partial charge in [-0.15, -0.1) is 22.7 Å². The summed E-state index contributed by atoms with van der Waals surface area (Å²) < 4.78 is 5.38. The molecule has 0 saturated carbocycles. The number of hydrogen-bond acceptors (Lipinski definition) is 2. The molecule has 10 aromatic rings. The predicted octanol–water partition coefficient (Wildman–Crippen LogP) is 16.0. The Kier molecular flexibility index (Phi) is 7.64. The van der Waals surface area contributed by atoms with Crippen LogP contribution in [0.4, 0.5) is 0 Å². The average Bonchev–Trinajstić information content (AvgIpc) is 3.96. The van der Waals surface area contributed by atoms with E-state index in [0.717, 1.165) is 12.8 Å². The first-order chi connectivity index (χ1) is 28.7. The number of hydrogen-bond donors (Lipinski definition) is 0. The molecule has 0 nitrogen and oxygen atoms in total. The van der Waals surface area contributed by atoms with Gasteiger partial charge in [0.1, 0.15) is 0 Å². The van der Waals surface area contributed by atoms with Crippen LogP contribution in [0, 0.1) is 6.92 Å². The van der Waals surface area contributed by atoms with Gasteiger partial charge in [-0.3, -0.25) is 0 Å². The van der Waals surface area contributed by atoms with Crippen molar-refractivity contribution >= 4 is 74.2 Å². The zero-order valence-electron chi connectivity index (χ0n) is 32.1. The monoisotopic (exact) mass is 774 g/mol. The standard InChI is InChI=1S/C56H38S2/c1-35-23-25-36(26-24-35)41-14-10-20-50-53(41)48-13-2-5-19-49(48)56(50,39-31-27-37(28-32-39)42-15-8-17-46-44-11-3-6-21-51(44)57-54(42)46)40-33-29-38(30-34-40)43-16-9-18-47-45-12-4-7-22-52(45)58-55(43)47/h2-9,11-19,21-34H,10,20H2,1H3. The lowest BCUT2D eigenvalue weighted by atomic mass is 9.65. The van der Waals surface area contributed by atoms with Gasteiger partial charge in [0.25, 0.3) is 0 Å². The maximum absolute atomic E-state index is 2.49. The molecule has 2 aliphatic rings. The van der Waals surface area contributed by atoms with E-state index in [1.165, 1.54) is 113 Å². The van der Waals surface area contributed by atoms with E-state index in [2.05, 4.69) is 195 Å². The number of aryl methyl sites for hydroxylation is 1. The largest absolute Gasteiger partial charge is 0.135 e. The van der Waals surface area contributed by atoms with Gasteiger partial charge >= 0.3 is 0 Å². The second-order valence-corrected chi connectivity index (χ2v) is 18.0. The van der Waals surface area contributed by atoms with Gasteiger partial charge in [0.2, 0.25) is 0 Å². The third-order valence-electron chi connectivity index (χ3n) is 12.8. The van der Waals surface area contributed by atoms with Gasteiger partial charge in [0.05, 0.1) is 5.41 Å². The molecule has 0 fully saturated rings. The van der Waals surface area contributed by atoms with Crippen molar-refractivity contribution in [3.8, 4) is 22.3 Å². The Bertz CT molecular complexity index is 3160. The minimum absolute atomic E-state index is 0.444. The first kappa shape index (κ1) is 33.8. The molecule has 0 atom stereocenters. The van der Waals surface area contributed by atoms with E-state index in [-0.39, 0.29) is 0 Å². The quantitative estimate of drug-likeness (QED) is 0.163. The third kappa shape index (κ3) is 4.92. The number of fused-ring (bicyclic) bond motifs is 8. The topological polar surface area (TPSA) is 0 Å². The van der Waals surface area contributed by atoms with Crippen molar-refractivity contribution < 1.29 is 0 Å².